The summed E-state index contributed by atoms with van der Waals surface area (Å²) in [6, 6.07) is 4.98. The van der Waals surface area contributed by atoms with E-state index in [1.54, 1.807) is 0 Å². The fourth-order valence-corrected chi connectivity index (χ4v) is 3.36. The molecule has 0 bridgehead atoms. The van der Waals surface area contributed by atoms with E-state index in [4.69, 9.17) is 0 Å². The van der Waals surface area contributed by atoms with E-state index in [1.165, 1.54) is 25.0 Å². The first kappa shape index (κ1) is 15.3. The summed E-state index contributed by atoms with van der Waals surface area (Å²) in [6.45, 7) is 4.22. The van der Waals surface area contributed by atoms with E-state index >= 15 is 0 Å². The number of rotatable bonds is 5. The molecule has 2 rings (SSSR count). The van der Waals surface area contributed by atoms with E-state index in [0.29, 0.717) is 0 Å². The Morgan fingerprint density at radius 1 is 1.30 bits per heavy atom. The van der Waals surface area contributed by atoms with E-state index in [0.717, 1.165) is 42.9 Å². The van der Waals surface area contributed by atoms with Gasteiger partial charge in [-0.25, -0.2) is 4.39 Å². The van der Waals surface area contributed by atoms with Crippen molar-refractivity contribution in [1.29, 1.82) is 0 Å². The van der Waals surface area contributed by atoms with Crippen LogP contribution in [-0.4, -0.2) is 17.3 Å². The van der Waals surface area contributed by atoms with Crippen LogP contribution in [0.15, 0.2) is 18.2 Å². The monoisotopic (exact) mass is 279 g/mol. The topological polar surface area (TPSA) is 32.3 Å². The van der Waals surface area contributed by atoms with Crippen molar-refractivity contribution in [3.8, 4) is 0 Å². The number of hydrogen-bond donors (Lipinski definition) is 2. The first-order chi connectivity index (χ1) is 9.57. The van der Waals surface area contributed by atoms with Gasteiger partial charge in [0.2, 0.25) is 0 Å². The molecule has 0 amide bonds. The highest BCUT2D eigenvalue weighted by Crippen LogP contribution is 2.36. The molecule has 0 radical (unpaired) electrons. The lowest BCUT2D eigenvalue weighted by Crippen LogP contribution is -2.45. The molecular formula is C17H26FNO. The zero-order chi connectivity index (χ0) is 14.6. The van der Waals surface area contributed by atoms with Gasteiger partial charge in [0, 0.05) is 5.69 Å². The van der Waals surface area contributed by atoms with E-state index in [2.05, 4.69) is 12.2 Å². The predicted octanol–water partition coefficient (Wildman–Crippen LogP) is 4.27. The molecule has 2 N–H and O–H groups in total. The Bertz CT molecular complexity index is 418. The molecule has 112 valence electrons. The Morgan fingerprint density at radius 3 is 2.55 bits per heavy atom. The molecule has 1 aliphatic carbocycles. The highest BCUT2D eigenvalue weighted by atomic mass is 19.1. The molecule has 20 heavy (non-hydrogen) atoms. The first-order valence-corrected chi connectivity index (χ1v) is 7.73. The molecule has 0 spiro atoms. The number of halogens is 1. The maximum absolute atomic E-state index is 13.5. The van der Waals surface area contributed by atoms with Crippen LogP contribution in [0, 0.1) is 18.7 Å². The van der Waals surface area contributed by atoms with Crippen LogP contribution in [0.5, 0.6) is 0 Å². The summed E-state index contributed by atoms with van der Waals surface area (Å²) in [7, 11) is 0. The second-order valence-corrected chi connectivity index (χ2v) is 6.31. The maximum Gasteiger partial charge on any atom is 0.125 e. The third-order valence-corrected chi connectivity index (χ3v) is 4.51. The normalized spacial score (nSPS) is 26.5. The van der Waals surface area contributed by atoms with Crippen molar-refractivity contribution in [3.05, 3.63) is 29.6 Å². The van der Waals surface area contributed by atoms with Crippen LogP contribution in [0.3, 0.4) is 0 Å². The maximum atomic E-state index is 13.5. The molecule has 0 atom stereocenters. The smallest absolute Gasteiger partial charge is 0.125 e. The molecule has 0 heterocycles. The molecule has 2 nitrogen and oxygen atoms in total. The van der Waals surface area contributed by atoms with E-state index in [1.807, 2.05) is 13.0 Å². The summed E-state index contributed by atoms with van der Waals surface area (Å²) in [5, 5.41) is 13.2. The van der Waals surface area contributed by atoms with Crippen LogP contribution in [0.4, 0.5) is 10.1 Å². The Hall–Kier alpha value is -1.09. The van der Waals surface area contributed by atoms with Gasteiger partial charge in [-0.2, -0.15) is 0 Å². The lowest BCUT2D eigenvalue weighted by molar-refractivity contribution is 0.148. The molecule has 0 unspecified atom stereocenters. The Morgan fingerprint density at radius 2 is 2.00 bits per heavy atom. The van der Waals surface area contributed by atoms with Gasteiger partial charge in [-0.3, -0.25) is 0 Å². The molecule has 3 heteroatoms. The van der Waals surface area contributed by atoms with E-state index in [-0.39, 0.29) is 18.0 Å². The first-order valence-electron chi connectivity index (χ1n) is 7.73. The molecule has 1 fully saturated rings. The summed E-state index contributed by atoms with van der Waals surface area (Å²) in [6.07, 6.45) is 6.73. The van der Waals surface area contributed by atoms with Gasteiger partial charge in [0.15, 0.2) is 0 Å². The van der Waals surface area contributed by atoms with Gasteiger partial charge < -0.3 is 10.4 Å². The highest BCUT2D eigenvalue weighted by molar-refractivity contribution is 5.48. The quantitative estimate of drug-likeness (QED) is 0.843. The zero-order valence-corrected chi connectivity index (χ0v) is 12.6. The van der Waals surface area contributed by atoms with Crippen molar-refractivity contribution < 1.29 is 9.50 Å². The van der Waals surface area contributed by atoms with Gasteiger partial charge in [0.25, 0.3) is 0 Å². The van der Waals surface area contributed by atoms with Crippen LogP contribution in [0.2, 0.25) is 0 Å². The van der Waals surface area contributed by atoms with Crippen molar-refractivity contribution in [1.82, 2.24) is 0 Å². The van der Waals surface area contributed by atoms with Crippen molar-refractivity contribution in [2.24, 2.45) is 5.92 Å². The number of anilines is 1. The molecule has 0 aliphatic heterocycles. The second-order valence-electron chi connectivity index (χ2n) is 6.31. The predicted molar refractivity (Wildman–Crippen MR) is 81.4 cm³/mol. The van der Waals surface area contributed by atoms with Gasteiger partial charge in [-0.05, 0) is 62.3 Å². The third-order valence-electron chi connectivity index (χ3n) is 4.51. The molecule has 1 aromatic rings. The average molecular weight is 279 g/mol. The number of aryl methyl sites for hydroxylation is 1. The summed E-state index contributed by atoms with van der Waals surface area (Å²) < 4.78 is 13.5. The van der Waals surface area contributed by atoms with Gasteiger partial charge >= 0.3 is 0 Å². The van der Waals surface area contributed by atoms with Crippen LogP contribution >= 0.6 is 0 Å². The summed E-state index contributed by atoms with van der Waals surface area (Å²) in [4.78, 5) is 0. The minimum Gasteiger partial charge on any atom is -0.394 e. The SMILES string of the molecule is CCCC1CCC(CO)(Nc2cc(C)cc(F)c2)CC1. The Balaban J connectivity index is 2.05. The largest absolute Gasteiger partial charge is 0.394 e. The number of aliphatic hydroxyl groups is 1. The van der Waals surface area contributed by atoms with Crippen LogP contribution in [-0.2, 0) is 0 Å². The highest BCUT2D eigenvalue weighted by Gasteiger charge is 2.34. The molecule has 1 saturated carbocycles. The number of benzene rings is 1. The fourth-order valence-electron chi connectivity index (χ4n) is 3.36. The molecule has 1 aromatic carbocycles. The Labute approximate surface area is 121 Å². The lowest BCUT2D eigenvalue weighted by atomic mass is 9.75. The van der Waals surface area contributed by atoms with Gasteiger partial charge in [0.1, 0.15) is 5.82 Å². The zero-order valence-electron chi connectivity index (χ0n) is 12.6. The van der Waals surface area contributed by atoms with Crippen LogP contribution in [0.1, 0.15) is 51.0 Å². The molecule has 0 aromatic heterocycles. The van der Waals surface area contributed by atoms with Crippen molar-refractivity contribution in [2.45, 2.75) is 57.9 Å². The average Bonchev–Trinajstić information content (AvgIpc) is 2.40. The van der Waals surface area contributed by atoms with E-state index < -0.39 is 0 Å². The molecular weight excluding hydrogens is 253 g/mol. The van der Waals surface area contributed by atoms with Crippen LogP contribution < -0.4 is 5.32 Å². The summed E-state index contributed by atoms with van der Waals surface area (Å²) >= 11 is 0. The molecule has 0 saturated heterocycles. The summed E-state index contributed by atoms with van der Waals surface area (Å²) in [5.41, 5.74) is 1.41. The van der Waals surface area contributed by atoms with Crippen molar-refractivity contribution in [3.63, 3.8) is 0 Å². The standard InChI is InChI=1S/C17H26FNO/c1-3-4-14-5-7-17(12-20,8-6-14)19-16-10-13(2)9-15(18)11-16/h9-11,14,19-20H,3-8,12H2,1-2H3. The fraction of sp³-hybridized carbons (Fsp3) is 0.647. The second kappa shape index (κ2) is 6.57. The van der Waals surface area contributed by atoms with E-state index in [9.17, 15) is 9.50 Å². The third kappa shape index (κ3) is 3.72. The van der Waals surface area contributed by atoms with Crippen molar-refractivity contribution >= 4 is 5.69 Å². The molecule has 1 aliphatic rings. The number of hydrogen-bond acceptors (Lipinski definition) is 2. The number of nitrogens with one attached hydrogen (secondary N) is 1. The summed E-state index contributed by atoms with van der Waals surface area (Å²) in [5.74, 6) is 0.566. The Kier molecular flexibility index (Phi) is 5.03. The van der Waals surface area contributed by atoms with Gasteiger partial charge in [-0.1, -0.05) is 19.8 Å². The van der Waals surface area contributed by atoms with Crippen LogP contribution in [0.25, 0.3) is 0 Å². The minimum absolute atomic E-state index is 0.113. The minimum atomic E-state index is -0.273. The van der Waals surface area contributed by atoms with Gasteiger partial charge in [-0.15, -0.1) is 0 Å². The lowest BCUT2D eigenvalue weighted by Gasteiger charge is -2.40. The van der Waals surface area contributed by atoms with Gasteiger partial charge in [0.05, 0.1) is 12.1 Å². The van der Waals surface area contributed by atoms with Crippen molar-refractivity contribution in [2.75, 3.05) is 11.9 Å². The number of aliphatic hydroxyl groups excluding tert-OH is 1.